The van der Waals surface area contributed by atoms with Crippen molar-refractivity contribution in [1.82, 2.24) is 0 Å². The lowest BCUT2D eigenvalue weighted by molar-refractivity contribution is -0.167. The van der Waals surface area contributed by atoms with Crippen molar-refractivity contribution in [2.45, 2.75) is 45.4 Å². The first-order valence-electron chi connectivity index (χ1n) is 5.58. The number of rotatable bonds is 4. The summed E-state index contributed by atoms with van der Waals surface area (Å²) in [5, 5.41) is 0. The summed E-state index contributed by atoms with van der Waals surface area (Å²) in [6.07, 6.45) is -5.50. The van der Waals surface area contributed by atoms with E-state index >= 15 is 0 Å². The lowest BCUT2D eigenvalue weighted by Crippen LogP contribution is -2.40. The van der Waals surface area contributed by atoms with Crippen LogP contribution in [0.2, 0.25) is 0 Å². The van der Waals surface area contributed by atoms with Crippen LogP contribution in [-0.4, -0.2) is 49.2 Å². The Hall–Kier alpha value is -1.70. The van der Waals surface area contributed by atoms with Crippen molar-refractivity contribution >= 4 is 17.9 Å². The first-order chi connectivity index (χ1) is 8.81. The van der Waals surface area contributed by atoms with E-state index in [1.807, 2.05) is 0 Å². The molecule has 0 aliphatic carbocycles. The molecule has 0 spiro atoms. The number of carbonyl (C=O) groups excluding carboxylic acids is 3. The van der Waals surface area contributed by atoms with Crippen molar-refractivity contribution in [1.29, 1.82) is 0 Å². The van der Waals surface area contributed by atoms with Gasteiger partial charge in [-0.05, 0) is 0 Å². The highest BCUT2D eigenvalue weighted by atomic mass is 19.1. The Morgan fingerprint density at radius 2 is 1.53 bits per heavy atom. The molecule has 0 saturated carbocycles. The highest BCUT2D eigenvalue weighted by molar-refractivity contribution is 5.67. The van der Waals surface area contributed by atoms with Gasteiger partial charge in [-0.3, -0.25) is 14.4 Å². The normalized spacial score (nSPS) is 29.7. The molecule has 8 heteroatoms. The largest absolute Gasteiger partial charge is 0.463 e. The minimum atomic E-state index is -1.95. The molecule has 0 unspecified atom stereocenters. The van der Waals surface area contributed by atoms with Gasteiger partial charge in [0.25, 0.3) is 0 Å². The van der Waals surface area contributed by atoms with E-state index in [0.29, 0.717) is 0 Å². The van der Waals surface area contributed by atoms with Crippen LogP contribution in [0.4, 0.5) is 4.39 Å². The topological polar surface area (TPSA) is 88.1 Å². The number of alkyl halides is 1. The molecule has 1 aliphatic rings. The standard InChI is InChI=1S/C11H15FO7/c1-5(13)16-4-8-9(17-6(2)14)10(11(12)19-8)18-7(3)15/h8-11H,4H2,1-3H3/t8-,9+,10-,11+/m1/s1. The summed E-state index contributed by atoms with van der Waals surface area (Å²) < 4.78 is 32.7. The number of hydrogen-bond donors (Lipinski definition) is 0. The summed E-state index contributed by atoms with van der Waals surface area (Å²) in [6, 6.07) is 0. The van der Waals surface area contributed by atoms with Crippen LogP contribution in [-0.2, 0) is 33.3 Å². The second-order valence-electron chi connectivity index (χ2n) is 3.98. The van der Waals surface area contributed by atoms with E-state index < -0.39 is 42.6 Å². The second-order valence-corrected chi connectivity index (χ2v) is 3.98. The van der Waals surface area contributed by atoms with Gasteiger partial charge in [0, 0.05) is 20.8 Å². The Labute approximate surface area is 108 Å². The SMILES string of the molecule is CC(=O)OC[C@H]1O[C@H](F)[C@H](OC(C)=O)[C@H]1OC(C)=O. The number of ether oxygens (including phenoxy) is 4. The van der Waals surface area contributed by atoms with Crippen LogP contribution in [0, 0.1) is 0 Å². The summed E-state index contributed by atoms with van der Waals surface area (Å²) >= 11 is 0. The third-order valence-electron chi connectivity index (χ3n) is 2.31. The van der Waals surface area contributed by atoms with Crippen molar-refractivity contribution in [3.63, 3.8) is 0 Å². The Morgan fingerprint density at radius 3 is 2.00 bits per heavy atom. The van der Waals surface area contributed by atoms with Gasteiger partial charge < -0.3 is 18.9 Å². The van der Waals surface area contributed by atoms with Crippen LogP contribution in [0.3, 0.4) is 0 Å². The lowest BCUT2D eigenvalue weighted by atomic mass is 10.1. The monoisotopic (exact) mass is 278 g/mol. The summed E-state index contributed by atoms with van der Waals surface area (Å²) in [4.78, 5) is 32.6. The molecule has 19 heavy (non-hydrogen) atoms. The Morgan fingerprint density at radius 1 is 1.00 bits per heavy atom. The van der Waals surface area contributed by atoms with Crippen molar-refractivity contribution in [3.05, 3.63) is 0 Å². The first kappa shape index (κ1) is 15.4. The van der Waals surface area contributed by atoms with E-state index in [-0.39, 0.29) is 6.61 Å². The quantitative estimate of drug-likeness (QED) is 0.532. The van der Waals surface area contributed by atoms with Crippen molar-refractivity contribution in [3.8, 4) is 0 Å². The van der Waals surface area contributed by atoms with E-state index in [1.165, 1.54) is 6.92 Å². The van der Waals surface area contributed by atoms with Crippen molar-refractivity contribution in [2.75, 3.05) is 6.61 Å². The molecule has 0 aromatic heterocycles. The minimum absolute atomic E-state index is 0.300. The molecule has 108 valence electrons. The first-order valence-corrected chi connectivity index (χ1v) is 5.58. The highest BCUT2D eigenvalue weighted by Gasteiger charge is 2.50. The van der Waals surface area contributed by atoms with Crippen LogP contribution in [0.5, 0.6) is 0 Å². The number of carbonyl (C=O) groups is 3. The van der Waals surface area contributed by atoms with Crippen molar-refractivity contribution < 1.29 is 37.7 Å². The maximum Gasteiger partial charge on any atom is 0.303 e. The van der Waals surface area contributed by atoms with Gasteiger partial charge in [-0.25, -0.2) is 4.39 Å². The molecule has 1 saturated heterocycles. The van der Waals surface area contributed by atoms with Crippen LogP contribution in [0.15, 0.2) is 0 Å². The molecule has 0 amide bonds. The summed E-state index contributed by atoms with van der Waals surface area (Å²) in [6.45, 7) is 3.09. The molecule has 0 N–H and O–H groups in total. The number of hydrogen-bond acceptors (Lipinski definition) is 7. The van der Waals surface area contributed by atoms with Gasteiger partial charge in [-0.15, -0.1) is 0 Å². The van der Waals surface area contributed by atoms with Gasteiger partial charge in [-0.1, -0.05) is 0 Å². The van der Waals surface area contributed by atoms with Gasteiger partial charge in [0.15, 0.2) is 12.2 Å². The third-order valence-corrected chi connectivity index (χ3v) is 2.31. The van der Waals surface area contributed by atoms with Crippen LogP contribution >= 0.6 is 0 Å². The van der Waals surface area contributed by atoms with E-state index in [9.17, 15) is 18.8 Å². The van der Waals surface area contributed by atoms with Gasteiger partial charge in [0.05, 0.1) is 0 Å². The maximum absolute atomic E-state index is 13.6. The Kier molecular flexibility index (Phi) is 5.22. The van der Waals surface area contributed by atoms with Crippen molar-refractivity contribution in [2.24, 2.45) is 0 Å². The number of esters is 3. The summed E-state index contributed by atoms with van der Waals surface area (Å²) in [7, 11) is 0. The molecular weight excluding hydrogens is 263 g/mol. The zero-order chi connectivity index (χ0) is 14.6. The molecule has 0 radical (unpaired) electrons. The molecule has 0 aromatic rings. The fourth-order valence-electron chi connectivity index (χ4n) is 1.66. The van der Waals surface area contributed by atoms with Crippen LogP contribution in [0.1, 0.15) is 20.8 Å². The summed E-state index contributed by atoms with van der Waals surface area (Å²) in [5.74, 6) is -2.01. The van der Waals surface area contributed by atoms with Gasteiger partial charge in [0.2, 0.25) is 6.36 Å². The summed E-state index contributed by atoms with van der Waals surface area (Å²) in [5.41, 5.74) is 0. The van der Waals surface area contributed by atoms with E-state index in [4.69, 9.17) is 14.2 Å². The third kappa shape index (κ3) is 4.47. The molecule has 1 rings (SSSR count). The van der Waals surface area contributed by atoms with Gasteiger partial charge >= 0.3 is 17.9 Å². The molecular formula is C11H15FO7. The van der Waals surface area contributed by atoms with E-state index in [0.717, 1.165) is 13.8 Å². The second kappa shape index (κ2) is 6.46. The molecule has 0 bridgehead atoms. The average molecular weight is 278 g/mol. The molecule has 1 aliphatic heterocycles. The fourth-order valence-corrected chi connectivity index (χ4v) is 1.66. The zero-order valence-electron chi connectivity index (χ0n) is 10.8. The predicted octanol–water partition coefficient (Wildman–Crippen LogP) is 0.107. The predicted molar refractivity (Wildman–Crippen MR) is 57.5 cm³/mol. The zero-order valence-corrected chi connectivity index (χ0v) is 10.8. The van der Waals surface area contributed by atoms with Crippen LogP contribution in [0.25, 0.3) is 0 Å². The molecule has 4 atom stereocenters. The van der Waals surface area contributed by atoms with Crippen LogP contribution < -0.4 is 0 Å². The van der Waals surface area contributed by atoms with Gasteiger partial charge in [-0.2, -0.15) is 0 Å². The van der Waals surface area contributed by atoms with Gasteiger partial charge in [0.1, 0.15) is 12.7 Å². The number of halogens is 1. The lowest BCUT2D eigenvalue weighted by Gasteiger charge is -2.21. The maximum atomic E-state index is 13.6. The van der Waals surface area contributed by atoms with E-state index in [2.05, 4.69) is 4.74 Å². The fraction of sp³-hybridized carbons (Fsp3) is 0.727. The molecule has 1 fully saturated rings. The average Bonchev–Trinajstić information content (AvgIpc) is 2.53. The molecule has 1 heterocycles. The Balaban J connectivity index is 2.76. The molecule has 7 nitrogen and oxygen atoms in total. The van der Waals surface area contributed by atoms with E-state index in [1.54, 1.807) is 0 Å². The smallest absolute Gasteiger partial charge is 0.303 e. The highest BCUT2D eigenvalue weighted by Crippen LogP contribution is 2.28. The molecule has 0 aromatic carbocycles. The minimum Gasteiger partial charge on any atom is -0.463 e. The Bertz CT molecular complexity index is 370.